The fourth-order valence-electron chi connectivity index (χ4n) is 4.73. The van der Waals surface area contributed by atoms with E-state index >= 15 is 0 Å². The average molecular weight is 483 g/mol. The highest BCUT2D eigenvalue weighted by Gasteiger charge is 2.39. The molecule has 178 valence electrons. The lowest BCUT2D eigenvalue weighted by molar-refractivity contribution is -0.136. The second-order valence-electron chi connectivity index (χ2n) is 8.90. The van der Waals surface area contributed by atoms with Crippen LogP contribution in [-0.2, 0) is 19.6 Å². The Balaban J connectivity index is 1.33. The van der Waals surface area contributed by atoms with Gasteiger partial charge in [-0.05, 0) is 37.1 Å². The van der Waals surface area contributed by atoms with Crippen molar-refractivity contribution in [1.82, 2.24) is 9.80 Å². The Morgan fingerprint density at radius 2 is 1.71 bits per heavy atom. The standard InChI is InChI=1S/C24H26N4O5S/c1-26(2)24(30)20-15-28(18-8-4-5-9-19(18)33-20)23(29)16-11-13-27(14-12-16)22-17-7-3-6-10-21(17)34(31,32)25-22/h3-10,16,20H,11-15H2,1-2H3. The first-order valence-corrected chi connectivity index (χ1v) is 12.7. The van der Waals surface area contributed by atoms with Crippen molar-refractivity contribution in [2.75, 3.05) is 38.6 Å². The predicted molar refractivity (Wildman–Crippen MR) is 126 cm³/mol. The van der Waals surface area contributed by atoms with Crippen molar-refractivity contribution < 1.29 is 22.7 Å². The Bertz CT molecular complexity index is 1280. The van der Waals surface area contributed by atoms with Crippen LogP contribution in [0.5, 0.6) is 5.75 Å². The van der Waals surface area contributed by atoms with Crippen molar-refractivity contribution in [1.29, 1.82) is 0 Å². The molecule has 34 heavy (non-hydrogen) atoms. The van der Waals surface area contributed by atoms with Gasteiger partial charge in [-0.2, -0.15) is 8.42 Å². The second-order valence-corrected chi connectivity index (χ2v) is 10.5. The molecule has 10 heteroatoms. The molecule has 0 N–H and O–H groups in total. The smallest absolute Gasteiger partial charge is 0.285 e. The zero-order chi connectivity index (χ0) is 24.0. The lowest BCUT2D eigenvalue weighted by Gasteiger charge is -2.39. The summed E-state index contributed by atoms with van der Waals surface area (Å²) in [5, 5.41) is 0. The number of piperidine rings is 1. The molecule has 1 saturated heterocycles. The third-order valence-electron chi connectivity index (χ3n) is 6.51. The van der Waals surface area contributed by atoms with Crippen LogP contribution >= 0.6 is 0 Å². The molecule has 0 spiro atoms. The van der Waals surface area contributed by atoms with Crippen LogP contribution in [0.1, 0.15) is 18.4 Å². The molecule has 0 aliphatic carbocycles. The number of anilines is 1. The summed E-state index contributed by atoms with van der Waals surface area (Å²) in [7, 11) is -0.355. The van der Waals surface area contributed by atoms with Crippen LogP contribution in [0.15, 0.2) is 57.8 Å². The Hall–Kier alpha value is -3.40. The molecule has 1 atom stereocenters. The Labute approximate surface area is 198 Å². The van der Waals surface area contributed by atoms with E-state index in [1.807, 2.05) is 23.1 Å². The zero-order valence-electron chi connectivity index (χ0n) is 19.0. The minimum atomic E-state index is -3.68. The minimum absolute atomic E-state index is 0.0478. The van der Waals surface area contributed by atoms with Gasteiger partial charge in [-0.15, -0.1) is 4.40 Å². The van der Waals surface area contributed by atoms with Gasteiger partial charge in [-0.3, -0.25) is 9.59 Å². The number of para-hydroxylation sites is 2. The quantitative estimate of drug-likeness (QED) is 0.647. The average Bonchev–Trinajstić information content (AvgIpc) is 3.13. The van der Waals surface area contributed by atoms with E-state index in [9.17, 15) is 18.0 Å². The van der Waals surface area contributed by atoms with Gasteiger partial charge in [0.15, 0.2) is 11.9 Å². The number of amidine groups is 1. The van der Waals surface area contributed by atoms with Crippen molar-refractivity contribution in [3.63, 3.8) is 0 Å². The van der Waals surface area contributed by atoms with E-state index in [4.69, 9.17) is 4.74 Å². The number of hydrogen-bond donors (Lipinski definition) is 0. The fourth-order valence-corrected chi connectivity index (χ4v) is 5.96. The van der Waals surface area contributed by atoms with E-state index in [0.29, 0.717) is 48.8 Å². The first-order chi connectivity index (χ1) is 16.3. The molecular weight excluding hydrogens is 456 g/mol. The minimum Gasteiger partial charge on any atom is -0.476 e. The van der Waals surface area contributed by atoms with Gasteiger partial charge in [-0.25, -0.2) is 0 Å². The number of nitrogens with zero attached hydrogens (tertiary/aromatic N) is 4. The highest BCUT2D eigenvalue weighted by molar-refractivity contribution is 7.90. The maximum Gasteiger partial charge on any atom is 0.285 e. The van der Waals surface area contributed by atoms with Crippen LogP contribution in [0, 0.1) is 5.92 Å². The molecule has 2 aromatic rings. The topological polar surface area (TPSA) is 99.6 Å². The highest BCUT2D eigenvalue weighted by Crippen LogP contribution is 2.36. The SMILES string of the molecule is CN(C)C(=O)C1CN(C(=O)C2CCN(C3=NS(=O)(=O)c4ccccc43)CC2)c2ccccc2O1. The number of carbonyl (C=O) groups is 2. The first-order valence-electron chi connectivity index (χ1n) is 11.2. The Morgan fingerprint density at radius 3 is 2.44 bits per heavy atom. The lowest BCUT2D eigenvalue weighted by Crippen LogP contribution is -2.52. The zero-order valence-corrected chi connectivity index (χ0v) is 19.9. The molecule has 3 aliphatic rings. The van der Waals surface area contributed by atoms with Crippen LogP contribution in [0.3, 0.4) is 0 Å². The maximum absolute atomic E-state index is 13.6. The van der Waals surface area contributed by atoms with Crippen molar-refractivity contribution in [3.05, 3.63) is 54.1 Å². The van der Waals surface area contributed by atoms with Crippen LogP contribution in [0.2, 0.25) is 0 Å². The van der Waals surface area contributed by atoms with Crippen LogP contribution < -0.4 is 9.64 Å². The number of amides is 2. The lowest BCUT2D eigenvalue weighted by atomic mass is 9.94. The van der Waals surface area contributed by atoms with Crippen molar-refractivity contribution >= 4 is 33.4 Å². The van der Waals surface area contributed by atoms with Crippen LogP contribution in [-0.4, -0.2) is 75.7 Å². The molecular formula is C24H26N4O5S. The molecule has 1 fully saturated rings. The third-order valence-corrected chi connectivity index (χ3v) is 7.84. The Morgan fingerprint density at radius 1 is 1.03 bits per heavy atom. The normalized spacial score (nSPS) is 21.2. The monoisotopic (exact) mass is 482 g/mol. The number of sulfonamides is 1. The van der Waals surface area contributed by atoms with E-state index in [2.05, 4.69) is 4.40 Å². The molecule has 2 aromatic carbocycles. The molecule has 0 radical (unpaired) electrons. The summed E-state index contributed by atoms with van der Waals surface area (Å²) in [5.41, 5.74) is 1.28. The number of fused-ring (bicyclic) bond motifs is 2. The molecule has 0 bridgehead atoms. The Kier molecular flexibility index (Phi) is 5.55. The van der Waals surface area contributed by atoms with E-state index in [0.717, 1.165) is 0 Å². The molecule has 9 nitrogen and oxygen atoms in total. The number of hydrogen-bond acceptors (Lipinski definition) is 6. The summed E-state index contributed by atoms with van der Waals surface area (Å²) in [6.07, 6.45) is 0.362. The third kappa shape index (κ3) is 3.81. The molecule has 0 saturated carbocycles. The number of benzene rings is 2. The van der Waals surface area contributed by atoms with Gasteiger partial charge in [0.05, 0.1) is 12.2 Å². The van der Waals surface area contributed by atoms with Crippen molar-refractivity contribution in [3.8, 4) is 5.75 Å². The summed E-state index contributed by atoms with van der Waals surface area (Å²) in [4.78, 5) is 31.5. The van der Waals surface area contributed by atoms with Gasteiger partial charge in [0.2, 0.25) is 5.91 Å². The number of rotatable bonds is 2. The van der Waals surface area contributed by atoms with Crippen molar-refractivity contribution in [2.24, 2.45) is 10.3 Å². The van der Waals surface area contributed by atoms with Crippen LogP contribution in [0.4, 0.5) is 5.69 Å². The van der Waals surface area contributed by atoms with E-state index < -0.39 is 16.1 Å². The number of likely N-dealkylation sites (tertiary alicyclic amines) is 1. The van der Waals surface area contributed by atoms with Crippen molar-refractivity contribution in [2.45, 2.75) is 23.8 Å². The highest BCUT2D eigenvalue weighted by atomic mass is 32.2. The summed E-state index contributed by atoms with van der Waals surface area (Å²) in [6, 6.07) is 14.1. The van der Waals surface area contributed by atoms with E-state index in [1.165, 1.54) is 4.90 Å². The molecule has 5 rings (SSSR count). The first kappa shape index (κ1) is 22.4. The van der Waals surface area contributed by atoms with Gasteiger partial charge >= 0.3 is 0 Å². The summed E-state index contributed by atoms with van der Waals surface area (Å²) >= 11 is 0. The molecule has 0 aromatic heterocycles. The predicted octanol–water partition coefficient (Wildman–Crippen LogP) is 1.73. The molecule has 3 heterocycles. The largest absolute Gasteiger partial charge is 0.476 e. The van der Waals surface area contributed by atoms with Gasteiger partial charge in [0, 0.05) is 38.7 Å². The summed E-state index contributed by atoms with van der Waals surface area (Å²) < 4.78 is 34.7. The number of carbonyl (C=O) groups excluding carboxylic acids is 2. The second kappa shape index (κ2) is 8.43. The summed E-state index contributed by atoms with van der Waals surface area (Å²) in [6.45, 7) is 1.20. The molecule has 2 amide bonds. The van der Waals surface area contributed by atoms with Gasteiger partial charge in [0.25, 0.3) is 15.9 Å². The van der Waals surface area contributed by atoms with Gasteiger partial charge in [0.1, 0.15) is 10.6 Å². The maximum atomic E-state index is 13.6. The fraction of sp³-hybridized carbons (Fsp3) is 0.375. The number of ether oxygens (including phenoxy) is 1. The summed E-state index contributed by atoms with van der Waals surface area (Å²) in [5.74, 6) is 0.484. The molecule has 3 aliphatic heterocycles. The van der Waals surface area contributed by atoms with Gasteiger partial charge in [-0.1, -0.05) is 24.3 Å². The van der Waals surface area contributed by atoms with E-state index in [-0.39, 0.29) is 29.2 Å². The van der Waals surface area contributed by atoms with Gasteiger partial charge < -0.3 is 19.4 Å². The number of likely N-dealkylation sites (N-methyl/N-ethyl adjacent to an activating group) is 1. The van der Waals surface area contributed by atoms with E-state index in [1.54, 1.807) is 49.3 Å². The van der Waals surface area contributed by atoms with Crippen LogP contribution in [0.25, 0.3) is 0 Å². The molecule has 1 unspecified atom stereocenters.